The molecule has 0 spiro atoms. The van der Waals surface area contributed by atoms with Gasteiger partial charge in [0.25, 0.3) is 5.91 Å². The van der Waals surface area contributed by atoms with Gasteiger partial charge in [0.1, 0.15) is 18.0 Å². The van der Waals surface area contributed by atoms with Crippen molar-refractivity contribution in [2.45, 2.75) is 20.0 Å². The van der Waals surface area contributed by atoms with Crippen molar-refractivity contribution in [3.63, 3.8) is 0 Å². The fourth-order valence-corrected chi connectivity index (χ4v) is 2.77. The highest BCUT2D eigenvalue weighted by Gasteiger charge is 2.17. The third-order valence-electron chi connectivity index (χ3n) is 4.23. The number of benzene rings is 1. The molecule has 1 N–H and O–H groups in total. The first-order valence-electron chi connectivity index (χ1n) is 8.58. The lowest BCUT2D eigenvalue weighted by molar-refractivity contribution is -0.137. The van der Waals surface area contributed by atoms with Crippen molar-refractivity contribution in [2.75, 3.05) is 13.6 Å². The van der Waals surface area contributed by atoms with Gasteiger partial charge in [-0.15, -0.1) is 0 Å². The minimum atomic E-state index is -0.943. The van der Waals surface area contributed by atoms with Crippen molar-refractivity contribution in [1.29, 1.82) is 0 Å². The molecule has 27 heavy (non-hydrogen) atoms. The summed E-state index contributed by atoms with van der Waals surface area (Å²) in [4.78, 5) is 29.3. The van der Waals surface area contributed by atoms with Crippen LogP contribution in [0.15, 0.2) is 48.8 Å². The quantitative estimate of drug-likeness (QED) is 0.694. The lowest BCUT2D eigenvalue weighted by atomic mass is 10.1. The average molecular weight is 367 g/mol. The number of hydrogen-bond acceptors (Lipinski definition) is 4. The van der Waals surface area contributed by atoms with Crippen molar-refractivity contribution in [2.24, 2.45) is 0 Å². The van der Waals surface area contributed by atoms with E-state index in [1.54, 1.807) is 31.3 Å². The van der Waals surface area contributed by atoms with Crippen LogP contribution in [0.25, 0.3) is 5.65 Å². The van der Waals surface area contributed by atoms with Gasteiger partial charge in [0.2, 0.25) is 0 Å². The van der Waals surface area contributed by atoms with Gasteiger partial charge in [-0.05, 0) is 30.7 Å². The predicted molar refractivity (Wildman–Crippen MR) is 99.9 cm³/mol. The SMILES string of the molecule is Cc1cccn2cc(COc3ccccc3C(=O)N(C)CCC(=O)O)nc12. The Kier molecular flexibility index (Phi) is 5.40. The lowest BCUT2D eigenvalue weighted by Crippen LogP contribution is -2.29. The maximum absolute atomic E-state index is 12.6. The fraction of sp³-hybridized carbons (Fsp3) is 0.250. The number of imidazole rings is 1. The summed E-state index contributed by atoms with van der Waals surface area (Å²) in [5.41, 5.74) is 3.09. The van der Waals surface area contributed by atoms with Crippen molar-refractivity contribution in [3.05, 3.63) is 65.6 Å². The number of carboxylic acids is 1. The van der Waals surface area contributed by atoms with Gasteiger partial charge in [-0.25, -0.2) is 4.98 Å². The number of pyridine rings is 1. The van der Waals surface area contributed by atoms with Crippen molar-refractivity contribution < 1.29 is 19.4 Å². The Morgan fingerprint density at radius 2 is 2.00 bits per heavy atom. The average Bonchev–Trinajstić information content (AvgIpc) is 3.08. The van der Waals surface area contributed by atoms with Crippen LogP contribution in [0, 0.1) is 6.92 Å². The Balaban J connectivity index is 1.74. The van der Waals surface area contributed by atoms with Crippen molar-refractivity contribution in [3.8, 4) is 5.75 Å². The van der Waals surface area contributed by atoms with Gasteiger partial charge in [0, 0.05) is 26.0 Å². The molecule has 0 bridgehead atoms. The Hall–Kier alpha value is -3.35. The van der Waals surface area contributed by atoms with Gasteiger partial charge < -0.3 is 19.1 Å². The number of hydrogen-bond donors (Lipinski definition) is 1. The van der Waals surface area contributed by atoms with Gasteiger partial charge in [-0.2, -0.15) is 0 Å². The van der Waals surface area contributed by atoms with Gasteiger partial charge in [0.05, 0.1) is 17.7 Å². The summed E-state index contributed by atoms with van der Waals surface area (Å²) in [6.07, 6.45) is 3.71. The number of rotatable bonds is 7. The lowest BCUT2D eigenvalue weighted by Gasteiger charge is -2.18. The van der Waals surface area contributed by atoms with E-state index in [9.17, 15) is 9.59 Å². The standard InChI is InChI=1S/C20H21N3O4/c1-14-6-5-10-23-12-15(21-19(14)23)13-27-17-8-4-3-7-16(17)20(26)22(2)11-9-18(24)25/h3-8,10,12H,9,11,13H2,1-2H3,(H,24,25). The normalized spacial score (nSPS) is 10.7. The second kappa shape index (κ2) is 7.90. The summed E-state index contributed by atoms with van der Waals surface area (Å²) in [5, 5.41) is 8.79. The van der Waals surface area contributed by atoms with Crippen molar-refractivity contribution in [1.82, 2.24) is 14.3 Å². The van der Waals surface area contributed by atoms with Crippen LogP contribution in [0.3, 0.4) is 0 Å². The monoisotopic (exact) mass is 367 g/mol. The number of aromatic nitrogens is 2. The van der Waals surface area contributed by atoms with E-state index in [2.05, 4.69) is 4.98 Å². The van der Waals surface area contributed by atoms with Gasteiger partial charge >= 0.3 is 5.97 Å². The summed E-state index contributed by atoms with van der Waals surface area (Å²) in [5.74, 6) is -0.780. The molecule has 2 heterocycles. The number of carbonyl (C=O) groups is 2. The van der Waals surface area contributed by atoms with Crippen LogP contribution in [0.1, 0.15) is 28.0 Å². The summed E-state index contributed by atoms with van der Waals surface area (Å²) in [6.45, 7) is 2.35. The number of nitrogens with zero attached hydrogens (tertiary/aromatic N) is 3. The highest BCUT2D eigenvalue weighted by Crippen LogP contribution is 2.21. The fourth-order valence-electron chi connectivity index (χ4n) is 2.77. The van der Waals surface area contributed by atoms with E-state index in [1.165, 1.54) is 4.90 Å². The molecule has 7 heteroatoms. The third kappa shape index (κ3) is 4.25. The number of amides is 1. The molecule has 140 valence electrons. The summed E-state index contributed by atoms with van der Waals surface area (Å²) in [7, 11) is 1.58. The zero-order valence-electron chi connectivity index (χ0n) is 15.3. The number of fused-ring (bicyclic) bond motifs is 1. The van der Waals surface area contributed by atoms with Crippen molar-refractivity contribution >= 4 is 17.5 Å². The van der Waals surface area contributed by atoms with E-state index < -0.39 is 5.97 Å². The number of carbonyl (C=O) groups excluding carboxylic acids is 1. The largest absolute Gasteiger partial charge is 0.486 e. The Morgan fingerprint density at radius 3 is 2.74 bits per heavy atom. The van der Waals surface area contributed by atoms with Crippen LogP contribution < -0.4 is 4.74 Å². The maximum atomic E-state index is 12.6. The van der Waals surface area contributed by atoms with Crippen LogP contribution in [0.2, 0.25) is 0 Å². The minimum Gasteiger partial charge on any atom is -0.486 e. The maximum Gasteiger partial charge on any atom is 0.305 e. The van der Waals surface area contributed by atoms with Gasteiger partial charge in [-0.3, -0.25) is 9.59 Å². The van der Waals surface area contributed by atoms with E-state index in [1.807, 2.05) is 35.9 Å². The molecule has 0 saturated heterocycles. The molecular formula is C20H21N3O4. The van der Waals surface area contributed by atoms with Gasteiger partial charge in [-0.1, -0.05) is 18.2 Å². The molecule has 0 atom stereocenters. The second-order valence-electron chi connectivity index (χ2n) is 6.31. The molecule has 7 nitrogen and oxygen atoms in total. The minimum absolute atomic E-state index is 0.105. The van der Waals surface area contributed by atoms with E-state index in [-0.39, 0.29) is 25.5 Å². The first kappa shape index (κ1) is 18.4. The van der Waals surface area contributed by atoms with Crippen LogP contribution in [-0.4, -0.2) is 44.9 Å². The van der Waals surface area contributed by atoms with Crippen LogP contribution >= 0.6 is 0 Å². The molecule has 0 saturated carbocycles. The summed E-state index contributed by atoms with van der Waals surface area (Å²) < 4.78 is 7.79. The molecule has 3 aromatic rings. The second-order valence-corrected chi connectivity index (χ2v) is 6.31. The summed E-state index contributed by atoms with van der Waals surface area (Å²) >= 11 is 0. The highest BCUT2D eigenvalue weighted by atomic mass is 16.5. The molecule has 0 aliphatic rings. The number of ether oxygens (including phenoxy) is 1. The molecule has 0 radical (unpaired) electrons. The predicted octanol–water partition coefficient (Wildman–Crippen LogP) is 2.77. The Labute approximate surface area is 156 Å². The molecule has 0 aliphatic heterocycles. The van der Waals surface area contributed by atoms with E-state index in [0.717, 1.165) is 16.9 Å². The third-order valence-corrected chi connectivity index (χ3v) is 4.23. The summed E-state index contributed by atoms with van der Waals surface area (Å²) in [6, 6.07) is 10.9. The molecule has 1 amide bonds. The van der Waals surface area contributed by atoms with E-state index >= 15 is 0 Å². The number of carboxylic acid groups (broad SMARTS) is 1. The Bertz CT molecular complexity index is 980. The van der Waals surface area contributed by atoms with Crippen LogP contribution in [0.4, 0.5) is 0 Å². The molecule has 3 rings (SSSR count). The van der Waals surface area contributed by atoms with Crippen LogP contribution in [0.5, 0.6) is 5.75 Å². The number of aryl methyl sites for hydroxylation is 1. The first-order valence-corrected chi connectivity index (χ1v) is 8.58. The molecule has 0 fully saturated rings. The zero-order valence-corrected chi connectivity index (χ0v) is 15.3. The molecule has 2 aromatic heterocycles. The smallest absolute Gasteiger partial charge is 0.305 e. The molecular weight excluding hydrogens is 346 g/mol. The topological polar surface area (TPSA) is 84.1 Å². The van der Waals surface area contributed by atoms with Crippen LogP contribution in [-0.2, 0) is 11.4 Å². The Morgan fingerprint density at radius 1 is 1.22 bits per heavy atom. The number of aliphatic carboxylic acids is 1. The van der Waals surface area contributed by atoms with E-state index in [4.69, 9.17) is 9.84 Å². The zero-order chi connectivity index (χ0) is 19.4. The number of para-hydroxylation sites is 1. The van der Waals surface area contributed by atoms with Gasteiger partial charge in [0.15, 0.2) is 0 Å². The molecule has 0 aliphatic carbocycles. The van der Waals surface area contributed by atoms with E-state index in [0.29, 0.717) is 11.3 Å². The highest BCUT2D eigenvalue weighted by molar-refractivity contribution is 5.96. The molecule has 1 aromatic carbocycles. The first-order chi connectivity index (χ1) is 13.0. The molecule has 0 unspecified atom stereocenters.